The molecule has 1 atom stereocenters. The minimum Gasteiger partial charge on any atom is -0.379 e. The van der Waals surface area contributed by atoms with E-state index in [0.29, 0.717) is 18.2 Å². The van der Waals surface area contributed by atoms with E-state index in [0.717, 1.165) is 32.7 Å². The van der Waals surface area contributed by atoms with Gasteiger partial charge in [-0.2, -0.15) is 0 Å². The van der Waals surface area contributed by atoms with Crippen LogP contribution in [0.4, 0.5) is 0 Å². The van der Waals surface area contributed by atoms with Crippen molar-refractivity contribution in [3.8, 4) is 0 Å². The maximum absolute atomic E-state index is 6.13. The van der Waals surface area contributed by atoms with Crippen LogP contribution >= 0.6 is 0 Å². The van der Waals surface area contributed by atoms with E-state index in [-0.39, 0.29) is 0 Å². The predicted octanol–water partition coefficient (Wildman–Crippen LogP) is 3.27. The lowest BCUT2D eigenvalue weighted by molar-refractivity contribution is -0.101. The lowest BCUT2D eigenvalue weighted by Crippen LogP contribution is -2.54. The Bertz CT molecular complexity index is 565. The van der Waals surface area contributed by atoms with E-state index in [9.17, 15) is 0 Å². The van der Waals surface area contributed by atoms with Gasteiger partial charge in [-0.05, 0) is 17.5 Å². The number of hydrogen-bond acceptors (Lipinski definition) is 3. The van der Waals surface area contributed by atoms with Crippen LogP contribution in [-0.4, -0.2) is 43.4 Å². The van der Waals surface area contributed by atoms with E-state index in [2.05, 4.69) is 65.6 Å². The Kier molecular flexibility index (Phi) is 4.42. The fourth-order valence-electron chi connectivity index (χ4n) is 3.54. The number of benzene rings is 2. The third-order valence-corrected chi connectivity index (χ3v) is 4.74. The molecule has 2 aliphatic rings. The van der Waals surface area contributed by atoms with Gasteiger partial charge in [0.05, 0.1) is 24.9 Å². The van der Waals surface area contributed by atoms with Gasteiger partial charge in [0.25, 0.3) is 0 Å². The van der Waals surface area contributed by atoms with E-state index >= 15 is 0 Å². The summed E-state index contributed by atoms with van der Waals surface area (Å²) in [6, 6.07) is 21.8. The van der Waals surface area contributed by atoms with Crippen LogP contribution in [0.5, 0.6) is 0 Å². The Balaban J connectivity index is 1.47. The van der Waals surface area contributed by atoms with Gasteiger partial charge in [-0.15, -0.1) is 0 Å². The smallest absolute Gasteiger partial charge is 0.0835 e. The summed E-state index contributed by atoms with van der Waals surface area (Å²) in [6.45, 7) is 3.59. The first-order valence-electron chi connectivity index (χ1n) is 8.47. The zero-order chi connectivity index (χ0) is 15.5. The molecule has 3 nitrogen and oxygen atoms in total. The maximum atomic E-state index is 6.13. The van der Waals surface area contributed by atoms with Crippen molar-refractivity contribution in [3.63, 3.8) is 0 Å². The van der Waals surface area contributed by atoms with Gasteiger partial charge in [-0.3, -0.25) is 4.90 Å². The zero-order valence-electron chi connectivity index (χ0n) is 13.3. The van der Waals surface area contributed by atoms with Crippen LogP contribution in [0.2, 0.25) is 0 Å². The van der Waals surface area contributed by atoms with Crippen LogP contribution in [-0.2, 0) is 9.47 Å². The SMILES string of the molecule is c1ccc(C(c2ccccc2)N2CC(O[C@@H]3CCOC3)C2)cc1. The Hall–Kier alpha value is -1.68. The molecule has 0 N–H and O–H groups in total. The fourth-order valence-corrected chi connectivity index (χ4v) is 3.54. The molecule has 120 valence electrons. The molecule has 0 aliphatic carbocycles. The molecule has 0 spiro atoms. The van der Waals surface area contributed by atoms with E-state index in [1.54, 1.807) is 0 Å². The molecule has 2 heterocycles. The first kappa shape index (κ1) is 14.9. The monoisotopic (exact) mass is 309 g/mol. The average molecular weight is 309 g/mol. The molecule has 2 fully saturated rings. The maximum Gasteiger partial charge on any atom is 0.0835 e. The normalized spacial score (nSPS) is 22.4. The number of ether oxygens (including phenoxy) is 2. The molecule has 0 bridgehead atoms. The number of nitrogens with zero attached hydrogens (tertiary/aromatic N) is 1. The van der Waals surface area contributed by atoms with E-state index in [4.69, 9.17) is 9.47 Å². The molecule has 2 saturated heterocycles. The summed E-state index contributed by atoms with van der Waals surface area (Å²) in [5.74, 6) is 0. The van der Waals surface area contributed by atoms with Crippen LogP contribution in [0.15, 0.2) is 60.7 Å². The molecule has 0 aromatic heterocycles. The minimum atomic E-state index is 0.300. The van der Waals surface area contributed by atoms with Crippen molar-refractivity contribution in [2.45, 2.75) is 24.7 Å². The zero-order valence-corrected chi connectivity index (χ0v) is 13.3. The van der Waals surface area contributed by atoms with Gasteiger partial charge in [-0.25, -0.2) is 0 Å². The van der Waals surface area contributed by atoms with Gasteiger partial charge in [0.1, 0.15) is 0 Å². The van der Waals surface area contributed by atoms with Crippen molar-refractivity contribution in [3.05, 3.63) is 71.8 Å². The standard InChI is InChI=1S/C20H23NO2/c1-3-7-16(8-4-1)20(17-9-5-2-6-10-17)21-13-19(14-21)23-18-11-12-22-15-18/h1-10,18-20H,11-15H2/t18-/m1/s1. The lowest BCUT2D eigenvalue weighted by Gasteiger charge is -2.45. The summed E-state index contributed by atoms with van der Waals surface area (Å²) >= 11 is 0. The average Bonchev–Trinajstić information content (AvgIpc) is 3.08. The molecular formula is C20H23NO2. The highest BCUT2D eigenvalue weighted by Gasteiger charge is 2.36. The van der Waals surface area contributed by atoms with E-state index < -0.39 is 0 Å². The minimum absolute atomic E-state index is 0.300. The van der Waals surface area contributed by atoms with Crippen LogP contribution in [0, 0.1) is 0 Å². The molecule has 23 heavy (non-hydrogen) atoms. The Labute approximate surface area is 137 Å². The molecule has 2 aromatic rings. The van der Waals surface area contributed by atoms with Crippen LogP contribution in [0.3, 0.4) is 0 Å². The second-order valence-corrected chi connectivity index (χ2v) is 6.42. The first-order chi connectivity index (χ1) is 11.4. The molecule has 0 radical (unpaired) electrons. The number of hydrogen-bond donors (Lipinski definition) is 0. The Morgan fingerprint density at radius 2 is 1.48 bits per heavy atom. The van der Waals surface area contributed by atoms with E-state index in [1.165, 1.54) is 11.1 Å². The third kappa shape index (κ3) is 3.32. The molecule has 0 saturated carbocycles. The summed E-state index contributed by atoms with van der Waals surface area (Å²) in [6.07, 6.45) is 1.68. The largest absolute Gasteiger partial charge is 0.379 e. The highest BCUT2D eigenvalue weighted by Crippen LogP contribution is 2.33. The van der Waals surface area contributed by atoms with Gasteiger partial charge in [0.15, 0.2) is 0 Å². The molecule has 2 aromatic carbocycles. The summed E-state index contributed by atoms with van der Waals surface area (Å²) in [5, 5.41) is 0. The molecule has 4 rings (SSSR count). The summed E-state index contributed by atoms with van der Waals surface area (Å²) in [7, 11) is 0. The van der Waals surface area contributed by atoms with Crippen molar-refractivity contribution in [1.82, 2.24) is 4.90 Å². The van der Waals surface area contributed by atoms with Crippen molar-refractivity contribution in [2.75, 3.05) is 26.3 Å². The Morgan fingerprint density at radius 3 is 2.00 bits per heavy atom. The van der Waals surface area contributed by atoms with Gasteiger partial charge in [0.2, 0.25) is 0 Å². The van der Waals surface area contributed by atoms with Crippen molar-refractivity contribution in [1.29, 1.82) is 0 Å². The highest BCUT2D eigenvalue weighted by molar-refractivity contribution is 5.32. The molecular weight excluding hydrogens is 286 g/mol. The van der Waals surface area contributed by atoms with Gasteiger partial charge in [0, 0.05) is 19.7 Å². The summed E-state index contributed by atoms with van der Waals surface area (Å²) < 4.78 is 11.5. The number of likely N-dealkylation sites (tertiary alicyclic amines) is 1. The number of rotatable bonds is 5. The molecule has 0 unspecified atom stereocenters. The van der Waals surface area contributed by atoms with Crippen molar-refractivity contribution >= 4 is 0 Å². The second-order valence-electron chi connectivity index (χ2n) is 6.42. The quantitative estimate of drug-likeness (QED) is 0.846. The van der Waals surface area contributed by atoms with E-state index in [1.807, 2.05) is 0 Å². The van der Waals surface area contributed by atoms with Gasteiger partial charge < -0.3 is 9.47 Å². The van der Waals surface area contributed by atoms with Gasteiger partial charge >= 0.3 is 0 Å². The van der Waals surface area contributed by atoms with Gasteiger partial charge in [-0.1, -0.05) is 60.7 Å². The molecule has 2 aliphatic heterocycles. The summed E-state index contributed by atoms with van der Waals surface area (Å²) in [5.41, 5.74) is 2.70. The van der Waals surface area contributed by atoms with Crippen LogP contribution in [0.1, 0.15) is 23.6 Å². The van der Waals surface area contributed by atoms with Crippen molar-refractivity contribution < 1.29 is 9.47 Å². The lowest BCUT2D eigenvalue weighted by atomic mass is 9.94. The third-order valence-electron chi connectivity index (χ3n) is 4.74. The predicted molar refractivity (Wildman–Crippen MR) is 90.4 cm³/mol. The topological polar surface area (TPSA) is 21.7 Å². The Morgan fingerprint density at radius 1 is 0.870 bits per heavy atom. The summed E-state index contributed by atoms with van der Waals surface area (Å²) in [4.78, 5) is 2.51. The van der Waals surface area contributed by atoms with Crippen LogP contribution < -0.4 is 0 Å². The highest BCUT2D eigenvalue weighted by atomic mass is 16.6. The van der Waals surface area contributed by atoms with Crippen LogP contribution in [0.25, 0.3) is 0 Å². The second kappa shape index (κ2) is 6.83. The van der Waals surface area contributed by atoms with Crippen molar-refractivity contribution in [2.24, 2.45) is 0 Å². The molecule has 3 heteroatoms. The fraction of sp³-hybridized carbons (Fsp3) is 0.400. The first-order valence-corrected chi connectivity index (χ1v) is 8.47. The molecule has 0 amide bonds.